The molecule has 3 rings (SSSR count). The number of nitrogens with zero attached hydrogens (tertiary/aromatic N) is 2. The summed E-state index contributed by atoms with van der Waals surface area (Å²) in [5, 5.41) is 7.94. The second kappa shape index (κ2) is 9.12. The van der Waals surface area contributed by atoms with E-state index in [9.17, 15) is 9.59 Å². The summed E-state index contributed by atoms with van der Waals surface area (Å²) in [5.41, 5.74) is 0.933. The van der Waals surface area contributed by atoms with Crippen molar-refractivity contribution in [3.8, 4) is 0 Å². The molecule has 8 nitrogen and oxygen atoms in total. The predicted molar refractivity (Wildman–Crippen MR) is 102 cm³/mol. The molecule has 0 aromatic carbocycles. The Morgan fingerprint density at radius 3 is 2.81 bits per heavy atom. The standard InChI is InChI=1S/C18H24N4O4S/c1-12-8-22(9-13(2)26-12)10-14-11-27-18(20-14)21-16(23)5-6-19-17(24)15-4-3-7-25-15/h3-4,7,11-13H,5-6,8-10H2,1-2H3,(H,19,24)(H,20,21,23). The molecule has 2 aromatic rings. The van der Waals surface area contributed by atoms with Crippen LogP contribution >= 0.6 is 11.3 Å². The molecule has 9 heteroatoms. The first kappa shape index (κ1) is 19.5. The lowest BCUT2D eigenvalue weighted by Gasteiger charge is -2.34. The van der Waals surface area contributed by atoms with Gasteiger partial charge in [0.2, 0.25) is 5.91 Å². The molecule has 2 atom stereocenters. The van der Waals surface area contributed by atoms with E-state index in [-0.39, 0.29) is 42.7 Å². The molecule has 0 aliphatic carbocycles. The van der Waals surface area contributed by atoms with Crippen LogP contribution in [0, 0.1) is 0 Å². The van der Waals surface area contributed by atoms with Gasteiger partial charge in [0.15, 0.2) is 10.9 Å². The Morgan fingerprint density at radius 2 is 2.11 bits per heavy atom. The van der Waals surface area contributed by atoms with Gasteiger partial charge in [0.1, 0.15) is 0 Å². The van der Waals surface area contributed by atoms with Crippen molar-refractivity contribution < 1.29 is 18.7 Å². The van der Waals surface area contributed by atoms with Crippen molar-refractivity contribution in [2.75, 3.05) is 25.0 Å². The van der Waals surface area contributed by atoms with E-state index in [4.69, 9.17) is 9.15 Å². The predicted octanol–water partition coefficient (Wildman–Crippen LogP) is 2.10. The Hall–Kier alpha value is -2.23. The first-order valence-corrected chi connectivity index (χ1v) is 9.81. The smallest absolute Gasteiger partial charge is 0.286 e. The normalized spacial score (nSPS) is 20.4. The van der Waals surface area contributed by atoms with Crippen molar-refractivity contribution in [2.45, 2.75) is 39.0 Å². The molecule has 3 heterocycles. The lowest BCUT2D eigenvalue weighted by Crippen LogP contribution is -2.44. The van der Waals surface area contributed by atoms with E-state index in [1.54, 1.807) is 12.1 Å². The summed E-state index contributed by atoms with van der Waals surface area (Å²) in [6.45, 7) is 6.86. The number of hydrogen-bond acceptors (Lipinski definition) is 7. The fourth-order valence-electron chi connectivity index (χ4n) is 3.05. The van der Waals surface area contributed by atoms with Gasteiger partial charge in [-0.1, -0.05) is 0 Å². The second-order valence-corrected chi connectivity index (χ2v) is 7.48. The number of thiazole rings is 1. The van der Waals surface area contributed by atoms with Crippen LogP contribution in [-0.4, -0.2) is 53.5 Å². The number of anilines is 1. The van der Waals surface area contributed by atoms with Crippen LogP contribution in [0.1, 0.15) is 36.5 Å². The summed E-state index contributed by atoms with van der Waals surface area (Å²) in [7, 11) is 0. The number of carbonyl (C=O) groups excluding carboxylic acids is 2. The zero-order chi connectivity index (χ0) is 19.2. The number of aromatic nitrogens is 1. The van der Waals surface area contributed by atoms with Crippen LogP contribution in [-0.2, 0) is 16.1 Å². The topological polar surface area (TPSA) is 96.7 Å². The van der Waals surface area contributed by atoms with E-state index in [1.165, 1.54) is 17.6 Å². The number of morpholine rings is 1. The minimum atomic E-state index is -0.335. The van der Waals surface area contributed by atoms with Crippen LogP contribution in [0.3, 0.4) is 0 Å². The molecule has 1 fully saturated rings. The van der Waals surface area contributed by atoms with E-state index in [1.807, 2.05) is 5.38 Å². The van der Waals surface area contributed by atoms with Crippen molar-refractivity contribution in [3.63, 3.8) is 0 Å². The minimum absolute atomic E-state index is 0.167. The maximum Gasteiger partial charge on any atom is 0.286 e. The molecule has 2 aromatic heterocycles. The highest BCUT2D eigenvalue weighted by molar-refractivity contribution is 7.13. The molecule has 2 N–H and O–H groups in total. The number of hydrogen-bond donors (Lipinski definition) is 2. The van der Waals surface area contributed by atoms with Gasteiger partial charge < -0.3 is 19.8 Å². The SMILES string of the molecule is CC1CN(Cc2csc(NC(=O)CCNC(=O)c3ccco3)n2)CC(C)O1. The Labute approximate surface area is 161 Å². The van der Waals surface area contributed by atoms with Crippen molar-refractivity contribution in [2.24, 2.45) is 0 Å². The summed E-state index contributed by atoms with van der Waals surface area (Å²) in [6, 6.07) is 3.21. The highest BCUT2D eigenvalue weighted by Gasteiger charge is 2.22. The van der Waals surface area contributed by atoms with Crippen LogP contribution < -0.4 is 10.6 Å². The first-order chi connectivity index (χ1) is 13.0. The summed E-state index contributed by atoms with van der Waals surface area (Å²) in [4.78, 5) is 30.5. The van der Waals surface area contributed by atoms with Gasteiger partial charge in [-0.25, -0.2) is 4.98 Å². The van der Waals surface area contributed by atoms with Crippen molar-refractivity contribution >= 4 is 28.3 Å². The lowest BCUT2D eigenvalue weighted by atomic mass is 10.2. The third kappa shape index (κ3) is 5.88. The molecular formula is C18H24N4O4S. The van der Waals surface area contributed by atoms with E-state index < -0.39 is 0 Å². The van der Waals surface area contributed by atoms with Crippen molar-refractivity contribution in [1.29, 1.82) is 0 Å². The highest BCUT2D eigenvalue weighted by atomic mass is 32.1. The second-order valence-electron chi connectivity index (χ2n) is 6.63. The summed E-state index contributed by atoms with van der Waals surface area (Å²) < 4.78 is 10.7. The molecule has 1 aliphatic heterocycles. The van der Waals surface area contributed by atoms with Gasteiger partial charge in [-0.2, -0.15) is 0 Å². The third-order valence-corrected chi connectivity index (χ3v) is 4.87. The molecule has 2 unspecified atom stereocenters. The molecule has 1 saturated heterocycles. The van der Waals surface area contributed by atoms with Crippen LogP contribution in [0.25, 0.3) is 0 Å². The van der Waals surface area contributed by atoms with Gasteiger partial charge in [0, 0.05) is 38.0 Å². The van der Waals surface area contributed by atoms with E-state index in [0.29, 0.717) is 5.13 Å². The van der Waals surface area contributed by atoms with Gasteiger partial charge in [-0.15, -0.1) is 11.3 Å². The molecule has 2 amide bonds. The monoisotopic (exact) mass is 392 g/mol. The quantitative estimate of drug-likeness (QED) is 0.749. The summed E-state index contributed by atoms with van der Waals surface area (Å²) in [6.07, 6.45) is 2.02. The molecule has 0 radical (unpaired) electrons. The van der Waals surface area contributed by atoms with Crippen LogP contribution in [0.5, 0.6) is 0 Å². The molecule has 27 heavy (non-hydrogen) atoms. The Morgan fingerprint density at radius 1 is 1.33 bits per heavy atom. The van der Waals surface area contributed by atoms with Crippen LogP contribution in [0.15, 0.2) is 28.2 Å². The Balaban J connectivity index is 1.40. The van der Waals surface area contributed by atoms with Crippen molar-refractivity contribution in [1.82, 2.24) is 15.2 Å². The molecule has 0 bridgehead atoms. The number of nitrogens with one attached hydrogen (secondary N) is 2. The fraction of sp³-hybridized carbons (Fsp3) is 0.500. The summed E-state index contributed by atoms with van der Waals surface area (Å²) in [5.74, 6) is -0.297. The van der Waals surface area contributed by atoms with Crippen LogP contribution in [0.2, 0.25) is 0 Å². The van der Waals surface area contributed by atoms with Crippen molar-refractivity contribution in [3.05, 3.63) is 35.2 Å². The zero-order valence-electron chi connectivity index (χ0n) is 15.4. The minimum Gasteiger partial charge on any atom is -0.459 e. The molecular weight excluding hydrogens is 368 g/mol. The highest BCUT2D eigenvalue weighted by Crippen LogP contribution is 2.19. The molecule has 146 valence electrons. The number of rotatable bonds is 7. The van der Waals surface area contributed by atoms with Gasteiger partial charge in [-0.3, -0.25) is 14.5 Å². The number of ether oxygens (including phenoxy) is 1. The largest absolute Gasteiger partial charge is 0.459 e. The third-order valence-electron chi connectivity index (χ3n) is 4.06. The van der Waals surface area contributed by atoms with E-state index >= 15 is 0 Å². The maximum absolute atomic E-state index is 12.0. The number of amides is 2. The first-order valence-electron chi connectivity index (χ1n) is 8.93. The van der Waals surface area contributed by atoms with Gasteiger partial charge >= 0.3 is 0 Å². The zero-order valence-corrected chi connectivity index (χ0v) is 16.3. The average Bonchev–Trinajstić information content (AvgIpc) is 3.26. The molecule has 0 saturated carbocycles. The maximum atomic E-state index is 12.0. The Kier molecular flexibility index (Phi) is 6.59. The number of carbonyl (C=O) groups is 2. The number of furan rings is 1. The summed E-state index contributed by atoms with van der Waals surface area (Å²) >= 11 is 1.40. The van der Waals surface area contributed by atoms with E-state index in [2.05, 4.69) is 34.4 Å². The van der Waals surface area contributed by atoms with Gasteiger partial charge in [0.25, 0.3) is 5.91 Å². The fourth-order valence-corrected chi connectivity index (χ4v) is 3.76. The lowest BCUT2D eigenvalue weighted by molar-refractivity contribution is -0.116. The van der Waals surface area contributed by atoms with Gasteiger partial charge in [-0.05, 0) is 26.0 Å². The van der Waals surface area contributed by atoms with Crippen LogP contribution in [0.4, 0.5) is 5.13 Å². The molecule has 0 spiro atoms. The average molecular weight is 392 g/mol. The molecule has 1 aliphatic rings. The van der Waals surface area contributed by atoms with Gasteiger partial charge in [0.05, 0.1) is 24.2 Å². The Bertz CT molecular complexity index is 751. The van der Waals surface area contributed by atoms with E-state index in [0.717, 1.165) is 25.3 Å².